The smallest absolute Gasteiger partial charge is 0.261 e. The first-order chi connectivity index (χ1) is 16.9. The number of aromatic amines is 1. The summed E-state index contributed by atoms with van der Waals surface area (Å²) < 4.78 is 19.6. The van der Waals surface area contributed by atoms with E-state index in [4.69, 9.17) is 21.5 Å². The molecular weight excluding hydrogens is 464 g/mol. The molecule has 1 aliphatic carbocycles. The lowest BCUT2D eigenvalue weighted by Crippen LogP contribution is -2.37. The molecule has 1 aliphatic heterocycles. The molecule has 0 amide bonds. The van der Waals surface area contributed by atoms with E-state index >= 15 is 0 Å². The Morgan fingerprint density at radius 3 is 2.29 bits per heavy atom. The zero-order chi connectivity index (χ0) is 25.6. The fourth-order valence-corrected chi connectivity index (χ4v) is 4.91. The number of pyridine rings is 1. The second kappa shape index (κ2) is 15.1. The number of nitrogen functional groups attached to an aromatic ring is 1. The Balaban J connectivity index is 0.000000361. The number of H-pyrrole nitrogens is 1. The number of aromatic nitrogens is 1. The van der Waals surface area contributed by atoms with Gasteiger partial charge in [0.05, 0.1) is 29.9 Å². The fraction of sp³-hybridized carbons (Fsp3) is 0.480. The van der Waals surface area contributed by atoms with Crippen LogP contribution in [-0.4, -0.2) is 45.6 Å². The van der Waals surface area contributed by atoms with Crippen LogP contribution in [0.25, 0.3) is 0 Å². The molecule has 0 spiro atoms. The van der Waals surface area contributed by atoms with Crippen LogP contribution < -0.4 is 17.0 Å². The molecule has 5 N–H and O–H groups in total. The molecule has 4 rings (SSSR count). The molecule has 35 heavy (non-hydrogen) atoms. The summed E-state index contributed by atoms with van der Waals surface area (Å²) in [6.45, 7) is 6.22. The van der Waals surface area contributed by atoms with E-state index in [-0.39, 0.29) is 17.1 Å². The van der Waals surface area contributed by atoms with E-state index in [0.29, 0.717) is 36.9 Å². The number of ether oxygens (including phenoxy) is 1. The van der Waals surface area contributed by atoms with Gasteiger partial charge in [-0.15, -0.1) is 0 Å². The van der Waals surface area contributed by atoms with E-state index < -0.39 is 16.5 Å². The minimum Gasteiger partial charge on any atom is -0.398 e. The standard InChI is InChI=1S/C16H19N5O3S.C7H14.C2H3N/c17-13-5-6-19-16(22)14(13)15(18)20-11-1-3-12(4-2-11)25(23)21-7-9-24-10-8-21;1-7-5-3-2-4-6-7;1-2-3/h1-6H,7-10H2,(H2,18,20)(H3,17,19,22);7H,2-6H2,1H3;1H3. The van der Waals surface area contributed by atoms with Crippen molar-refractivity contribution in [3.05, 3.63) is 52.4 Å². The minimum atomic E-state index is -1.24. The Labute approximate surface area is 209 Å². The van der Waals surface area contributed by atoms with Crippen LogP contribution in [0.4, 0.5) is 11.4 Å². The first kappa shape index (κ1) is 28.2. The molecule has 1 aromatic heterocycles. The topological polar surface area (TPSA) is 151 Å². The lowest BCUT2D eigenvalue weighted by molar-refractivity contribution is 0.0752. The number of morpholine rings is 1. The van der Waals surface area contributed by atoms with Crippen molar-refractivity contribution in [1.82, 2.24) is 9.29 Å². The van der Waals surface area contributed by atoms with Crippen LogP contribution in [0, 0.1) is 17.2 Å². The van der Waals surface area contributed by atoms with Crippen LogP contribution in [0.2, 0.25) is 0 Å². The summed E-state index contributed by atoms with van der Waals surface area (Å²) in [6, 6.07) is 10.2. The molecule has 2 fully saturated rings. The Kier molecular flexibility index (Phi) is 12.2. The maximum Gasteiger partial charge on any atom is 0.261 e. The number of nitrogens with two attached hydrogens (primary N) is 2. The molecule has 1 atom stereocenters. The summed E-state index contributed by atoms with van der Waals surface area (Å²) in [7, 11) is -1.24. The van der Waals surface area contributed by atoms with Crippen molar-refractivity contribution < 1.29 is 8.95 Å². The number of benzene rings is 1. The highest BCUT2D eigenvalue weighted by Crippen LogP contribution is 2.22. The lowest BCUT2D eigenvalue weighted by atomic mass is 9.91. The normalized spacial score (nSPS) is 17.7. The predicted octanol–water partition coefficient (Wildman–Crippen LogP) is 3.47. The van der Waals surface area contributed by atoms with E-state index in [1.54, 1.807) is 36.4 Å². The molecular formula is C25H36N6O3S. The van der Waals surface area contributed by atoms with E-state index in [2.05, 4.69) is 16.9 Å². The number of rotatable bonds is 4. The van der Waals surface area contributed by atoms with Crippen molar-refractivity contribution in [2.75, 3.05) is 32.0 Å². The molecule has 190 valence electrons. The molecule has 1 unspecified atom stereocenters. The number of nitriles is 1. The zero-order valence-corrected chi connectivity index (χ0v) is 21.4. The van der Waals surface area contributed by atoms with Gasteiger partial charge in [0, 0.05) is 31.9 Å². The zero-order valence-electron chi connectivity index (χ0n) is 20.5. The van der Waals surface area contributed by atoms with E-state index in [9.17, 15) is 9.00 Å². The van der Waals surface area contributed by atoms with Gasteiger partial charge < -0.3 is 21.2 Å². The minimum absolute atomic E-state index is 0.0291. The summed E-state index contributed by atoms with van der Waals surface area (Å²) in [5, 5.41) is 7.32. The van der Waals surface area contributed by atoms with Crippen LogP contribution in [-0.2, 0) is 15.7 Å². The third-order valence-corrected chi connectivity index (χ3v) is 7.15. The Morgan fingerprint density at radius 2 is 1.77 bits per heavy atom. The van der Waals surface area contributed by atoms with E-state index in [1.165, 1.54) is 45.2 Å². The summed E-state index contributed by atoms with van der Waals surface area (Å²) in [5.41, 5.74) is 12.2. The van der Waals surface area contributed by atoms with Crippen molar-refractivity contribution in [1.29, 1.82) is 5.26 Å². The highest BCUT2D eigenvalue weighted by molar-refractivity contribution is 7.82. The molecule has 2 aromatic rings. The van der Waals surface area contributed by atoms with Gasteiger partial charge in [0.1, 0.15) is 22.4 Å². The van der Waals surface area contributed by atoms with Crippen LogP contribution in [0.5, 0.6) is 0 Å². The monoisotopic (exact) mass is 500 g/mol. The third-order valence-electron chi connectivity index (χ3n) is 5.64. The van der Waals surface area contributed by atoms with Crippen molar-refractivity contribution in [2.45, 2.75) is 50.8 Å². The molecule has 10 heteroatoms. The van der Waals surface area contributed by atoms with Crippen LogP contribution in [0.15, 0.2) is 51.2 Å². The van der Waals surface area contributed by atoms with Crippen molar-refractivity contribution in [3.8, 4) is 6.07 Å². The van der Waals surface area contributed by atoms with Crippen molar-refractivity contribution >= 4 is 28.2 Å². The summed E-state index contributed by atoms with van der Waals surface area (Å²) in [6.07, 6.45) is 8.89. The van der Waals surface area contributed by atoms with Gasteiger partial charge in [-0.3, -0.25) is 4.79 Å². The van der Waals surface area contributed by atoms with Gasteiger partial charge in [-0.2, -0.15) is 5.26 Å². The van der Waals surface area contributed by atoms with Gasteiger partial charge in [0.2, 0.25) is 0 Å². The van der Waals surface area contributed by atoms with Gasteiger partial charge in [0.25, 0.3) is 5.56 Å². The largest absolute Gasteiger partial charge is 0.398 e. The number of amidine groups is 1. The Morgan fingerprint density at radius 1 is 1.17 bits per heavy atom. The molecule has 0 bridgehead atoms. The van der Waals surface area contributed by atoms with Gasteiger partial charge in [0.15, 0.2) is 0 Å². The molecule has 0 radical (unpaired) electrons. The predicted molar refractivity (Wildman–Crippen MR) is 141 cm³/mol. The van der Waals surface area contributed by atoms with Crippen LogP contribution in [0.1, 0.15) is 51.5 Å². The first-order valence-corrected chi connectivity index (χ1v) is 12.9. The third kappa shape index (κ3) is 9.28. The van der Waals surface area contributed by atoms with Gasteiger partial charge in [-0.25, -0.2) is 13.5 Å². The van der Waals surface area contributed by atoms with Crippen LogP contribution in [0.3, 0.4) is 0 Å². The number of hydrogen-bond donors (Lipinski definition) is 3. The first-order valence-electron chi connectivity index (χ1n) is 11.8. The number of nitrogens with zero attached hydrogens (tertiary/aromatic N) is 3. The Bertz CT molecular complexity index is 1070. The molecule has 1 aromatic carbocycles. The maximum atomic E-state index is 12.5. The highest BCUT2D eigenvalue weighted by Gasteiger charge is 2.18. The lowest BCUT2D eigenvalue weighted by Gasteiger charge is -2.25. The van der Waals surface area contributed by atoms with Crippen LogP contribution >= 0.6 is 0 Å². The highest BCUT2D eigenvalue weighted by atomic mass is 32.2. The number of anilines is 1. The van der Waals surface area contributed by atoms with Crippen molar-refractivity contribution in [3.63, 3.8) is 0 Å². The maximum absolute atomic E-state index is 12.5. The Hall–Kier alpha value is -3.00. The second-order valence-corrected chi connectivity index (χ2v) is 9.87. The summed E-state index contributed by atoms with van der Waals surface area (Å²) in [5.74, 6) is 1.06. The average molecular weight is 501 g/mol. The molecule has 2 heterocycles. The fourth-order valence-electron chi connectivity index (χ4n) is 3.76. The van der Waals surface area contributed by atoms with Gasteiger partial charge in [-0.1, -0.05) is 39.0 Å². The summed E-state index contributed by atoms with van der Waals surface area (Å²) in [4.78, 5) is 19.3. The van der Waals surface area contributed by atoms with Crippen molar-refractivity contribution in [2.24, 2.45) is 16.6 Å². The number of aliphatic imine (C=N–C) groups is 1. The van der Waals surface area contributed by atoms with Gasteiger partial charge in [-0.05, 0) is 36.2 Å². The molecule has 2 aliphatic rings. The van der Waals surface area contributed by atoms with E-state index in [1.807, 2.05) is 4.31 Å². The molecule has 1 saturated carbocycles. The summed E-state index contributed by atoms with van der Waals surface area (Å²) >= 11 is 0. The van der Waals surface area contributed by atoms with E-state index in [0.717, 1.165) is 5.92 Å². The molecule has 9 nitrogen and oxygen atoms in total. The van der Waals surface area contributed by atoms with Gasteiger partial charge >= 0.3 is 0 Å². The SMILES string of the molecule is CC#N.CC1CCCCC1.NC(=Nc1ccc(S(=O)N2CCOCC2)cc1)c1c(N)cc[nH]c1=O. The number of hydrogen-bond acceptors (Lipinski definition) is 6. The number of nitrogens with one attached hydrogen (secondary N) is 1. The average Bonchev–Trinajstić information content (AvgIpc) is 2.86. The second-order valence-electron chi connectivity index (χ2n) is 8.39. The quantitative estimate of drug-likeness (QED) is 0.432. The molecule has 1 saturated heterocycles.